The molecule has 1 heterocycles. The first-order chi connectivity index (χ1) is 7.15. The van der Waals surface area contributed by atoms with E-state index in [2.05, 4.69) is 11.1 Å². The Kier molecular flexibility index (Phi) is 2.98. The van der Waals surface area contributed by atoms with Crippen LogP contribution in [-0.2, 0) is 6.42 Å². The molecule has 3 heteroatoms. The third-order valence-corrected chi connectivity index (χ3v) is 2.71. The van der Waals surface area contributed by atoms with Crippen molar-refractivity contribution in [1.82, 2.24) is 4.98 Å². The summed E-state index contributed by atoms with van der Waals surface area (Å²) in [6, 6.07) is 7.88. The van der Waals surface area contributed by atoms with Crippen LogP contribution >= 0.6 is 11.6 Å². The zero-order valence-electron chi connectivity index (χ0n) is 8.63. The van der Waals surface area contributed by atoms with Crippen molar-refractivity contribution in [3.05, 3.63) is 35.0 Å². The number of aliphatic hydroxyl groups excluding tert-OH is 1. The van der Waals surface area contributed by atoms with Crippen LogP contribution in [0.4, 0.5) is 0 Å². The lowest BCUT2D eigenvalue weighted by molar-refractivity contribution is 0.184. The fourth-order valence-electron chi connectivity index (χ4n) is 1.66. The van der Waals surface area contributed by atoms with Gasteiger partial charge in [-0.3, -0.25) is 0 Å². The van der Waals surface area contributed by atoms with E-state index in [9.17, 15) is 5.11 Å². The Balaban J connectivity index is 2.23. The number of fused-ring (bicyclic) bond motifs is 1. The highest BCUT2D eigenvalue weighted by molar-refractivity contribution is 6.31. The Morgan fingerprint density at radius 3 is 2.93 bits per heavy atom. The van der Waals surface area contributed by atoms with E-state index in [1.807, 2.05) is 18.2 Å². The van der Waals surface area contributed by atoms with Crippen LogP contribution in [0.1, 0.15) is 19.0 Å². The largest absolute Gasteiger partial charge is 0.393 e. The van der Waals surface area contributed by atoms with Crippen molar-refractivity contribution in [2.24, 2.45) is 0 Å². The molecular weight excluding hydrogens is 210 g/mol. The number of H-pyrrole nitrogens is 1. The van der Waals surface area contributed by atoms with Gasteiger partial charge < -0.3 is 10.1 Å². The average Bonchev–Trinajstić information content (AvgIpc) is 2.56. The second-order valence-corrected chi connectivity index (χ2v) is 4.35. The summed E-state index contributed by atoms with van der Waals surface area (Å²) in [7, 11) is 0. The number of benzene rings is 1. The van der Waals surface area contributed by atoms with Crippen LogP contribution in [0.25, 0.3) is 10.9 Å². The first-order valence-electron chi connectivity index (χ1n) is 5.10. The Morgan fingerprint density at radius 2 is 2.20 bits per heavy atom. The maximum atomic E-state index is 9.20. The summed E-state index contributed by atoms with van der Waals surface area (Å²) in [4.78, 5) is 3.31. The molecule has 2 aromatic rings. The molecular formula is C12H14ClNO. The van der Waals surface area contributed by atoms with Gasteiger partial charge in [-0.25, -0.2) is 0 Å². The van der Waals surface area contributed by atoms with Gasteiger partial charge in [0.25, 0.3) is 0 Å². The molecule has 0 fully saturated rings. The van der Waals surface area contributed by atoms with E-state index in [0.29, 0.717) is 0 Å². The lowest BCUT2D eigenvalue weighted by Gasteiger charge is -2.00. The normalized spacial score (nSPS) is 13.3. The van der Waals surface area contributed by atoms with Gasteiger partial charge in [-0.15, -0.1) is 0 Å². The monoisotopic (exact) mass is 223 g/mol. The molecule has 0 spiro atoms. The highest BCUT2D eigenvalue weighted by Gasteiger charge is 2.03. The number of aliphatic hydroxyl groups is 1. The topological polar surface area (TPSA) is 36.0 Å². The molecule has 0 radical (unpaired) electrons. The van der Waals surface area contributed by atoms with Crippen molar-refractivity contribution in [1.29, 1.82) is 0 Å². The summed E-state index contributed by atoms with van der Waals surface area (Å²) >= 11 is 5.90. The van der Waals surface area contributed by atoms with Gasteiger partial charge in [0, 0.05) is 21.6 Å². The number of aromatic nitrogens is 1. The molecule has 0 aliphatic carbocycles. The summed E-state index contributed by atoms with van der Waals surface area (Å²) in [6.45, 7) is 1.81. The molecule has 0 saturated carbocycles. The van der Waals surface area contributed by atoms with Crippen LogP contribution in [0.5, 0.6) is 0 Å². The Hall–Kier alpha value is -0.990. The highest BCUT2D eigenvalue weighted by Crippen LogP contribution is 2.20. The quantitative estimate of drug-likeness (QED) is 0.824. The molecule has 2 N–H and O–H groups in total. The number of hydrogen-bond donors (Lipinski definition) is 2. The third-order valence-electron chi connectivity index (χ3n) is 2.47. The van der Waals surface area contributed by atoms with Crippen molar-refractivity contribution in [2.45, 2.75) is 25.9 Å². The summed E-state index contributed by atoms with van der Waals surface area (Å²) in [5, 5.41) is 11.1. The fourth-order valence-corrected chi connectivity index (χ4v) is 1.84. The van der Waals surface area contributed by atoms with Gasteiger partial charge in [-0.1, -0.05) is 11.6 Å². The van der Waals surface area contributed by atoms with E-state index >= 15 is 0 Å². The van der Waals surface area contributed by atoms with Gasteiger partial charge in [0.2, 0.25) is 0 Å². The molecule has 1 atom stereocenters. The SMILES string of the molecule is C[C@@H](O)CCc1cc2cc(Cl)ccc2[nH]1. The van der Waals surface area contributed by atoms with Crippen LogP contribution in [0.15, 0.2) is 24.3 Å². The molecule has 0 aliphatic heterocycles. The van der Waals surface area contributed by atoms with Crippen LogP contribution < -0.4 is 0 Å². The van der Waals surface area contributed by atoms with Crippen molar-refractivity contribution in [2.75, 3.05) is 0 Å². The number of hydrogen-bond acceptors (Lipinski definition) is 1. The molecule has 0 bridgehead atoms. The molecule has 0 saturated heterocycles. The second-order valence-electron chi connectivity index (χ2n) is 3.91. The Labute approximate surface area is 93.9 Å². The molecule has 2 rings (SSSR count). The summed E-state index contributed by atoms with van der Waals surface area (Å²) in [5.74, 6) is 0. The number of aromatic amines is 1. The van der Waals surface area contributed by atoms with Crippen molar-refractivity contribution in [3.8, 4) is 0 Å². The zero-order chi connectivity index (χ0) is 10.8. The molecule has 0 aliphatic rings. The number of halogens is 1. The van der Waals surface area contributed by atoms with Crippen molar-refractivity contribution < 1.29 is 5.11 Å². The predicted molar refractivity (Wildman–Crippen MR) is 63.3 cm³/mol. The molecule has 1 aromatic heterocycles. The minimum atomic E-state index is -0.250. The Bertz CT molecular complexity index is 462. The lowest BCUT2D eigenvalue weighted by Crippen LogP contribution is -2.01. The van der Waals surface area contributed by atoms with Gasteiger partial charge in [-0.05, 0) is 44.0 Å². The zero-order valence-corrected chi connectivity index (χ0v) is 9.38. The predicted octanol–water partition coefficient (Wildman–Crippen LogP) is 3.13. The van der Waals surface area contributed by atoms with E-state index in [0.717, 1.165) is 34.5 Å². The average molecular weight is 224 g/mol. The molecule has 1 aromatic carbocycles. The molecule has 0 amide bonds. The number of aryl methyl sites for hydroxylation is 1. The number of nitrogens with one attached hydrogen (secondary N) is 1. The van der Waals surface area contributed by atoms with E-state index in [1.165, 1.54) is 0 Å². The van der Waals surface area contributed by atoms with Crippen LogP contribution in [-0.4, -0.2) is 16.2 Å². The van der Waals surface area contributed by atoms with E-state index in [4.69, 9.17) is 11.6 Å². The minimum Gasteiger partial charge on any atom is -0.393 e. The van der Waals surface area contributed by atoms with Crippen molar-refractivity contribution >= 4 is 22.5 Å². The van der Waals surface area contributed by atoms with E-state index in [-0.39, 0.29) is 6.10 Å². The summed E-state index contributed by atoms with van der Waals surface area (Å²) in [6.07, 6.45) is 1.39. The van der Waals surface area contributed by atoms with Crippen LogP contribution in [0, 0.1) is 0 Å². The molecule has 15 heavy (non-hydrogen) atoms. The Morgan fingerprint density at radius 1 is 1.40 bits per heavy atom. The van der Waals surface area contributed by atoms with Gasteiger partial charge in [-0.2, -0.15) is 0 Å². The second kappa shape index (κ2) is 4.25. The highest BCUT2D eigenvalue weighted by atomic mass is 35.5. The van der Waals surface area contributed by atoms with Gasteiger partial charge >= 0.3 is 0 Å². The standard InChI is InChI=1S/C12H14ClNO/c1-8(15)2-4-11-7-9-6-10(13)3-5-12(9)14-11/h3,5-8,14-15H,2,4H2,1H3/t8-/m1/s1. The third kappa shape index (κ3) is 2.52. The molecule has 0 unspecified atom stereocenters. The summed E-state index contributed by atoms with van der Waals surface area (Å²) < 4.78 is 0. The first-order valence-corrected chi connectivity index (χ1v) is 5.48. The van der Waals surface area contributed by atoms with E-state index in [1.54, 1.807) is 6.92 Å². The summed E-state index contributed by atoms with van der Waals surface area (Å²) in [5.41, 5.74) is 2.24. The molecule has 2 nitrogen and oxygen atoms in total. The number of rotatable bonds is 3. The lowest BCUT2D eigenvalue weighted by atomic mass is 10.1. The van der Waals surface area contributed by atoms with Gasteiger partial charge in [0.15, 0.2) is 0 Å². The molecule has 80 valence electrons. The van der Waals surface area contributed by atoms with Crippen molar-refractivity contribution in [3.63, 3.8) is 0 Å². The van der Waals surface area contributed by atoms with Crippen LogP contribution in [0.3, 0.4) is 0 Å². The van der Waals surface area contributed by atoms with Gasteiger partial charge in [0.1, 0.15) is 0 Å². The fraction of sp³-hybridized carbons (Fsp3) is 0.333. The minimum absolute atomic E-state index is 0.250. The van der Waals surface area contributed by atoms with E-state index < -0.39 is 0 Å². The first kappa shape index (κ1) is 10.5. The van der Waals surface area contributed by atoms with Gasteiger partial charge in [0.05, 0.1) is 6.10 Å². The smallest absolute Gasteiger partial charge is 0.0515 e. The maximum absolute atomic E-state index is 9.20. The maximum Gasteiger partial charge on any atom is 0.0515 e. The van der Waals surface area contributed by atoms with Crippen LogP contribution in [0.2, 0.25) is 5.02 Å².